The molecule has 1 aliphatic heterocycles. The van der Waals surface area contributed by atoms with Gasteiger partial charge in [0.2, 0.25) is 0 Å². The van der Waals surface area contributed by atoms with Gasteiger partial charge in [-0.05, 0) is 52.0 Å². The fourth-order valence-corrected chi connectivity index (χ4v) is 2.94. The van der Waals surface area contributed by atoms with Crippen LogP contribution in [-0.2, 0) is 4.74 Å². The summed E-state index contributed by atoms with van der Waals surface area (Å²) in [6.07, 6.45) is 5.06. The number of nitrogens with zero attached hydrogens (tertiary/aromatic N) is 2. The number of likely N-dealkylation sites (tertiary alicyclic amines) is 1. The molecule has 0 saturated carbocycles. The number of carbonyl (C=O) groups excluding carboxylic acids is 1. The number of rotatable bonds is 6. The normalized spacial score (nSPS) is 18.9. The van der Waals surface area contributed by atoms with Crippen molar-refractivity contribution in [1.82, 2.24) is 15.5 Å². The van der Waals surface area contributed by atoms with Gasteiger partial charge in [-0.15, -0.1) is 0 Å². The van der Waals surface area contributed by atoms with E-state index in [1.165, 1.54) is 12.2 Å². The predicted octanol–water partition coefficient (Wildman–Crippen LogP) is 2.30. The zero-order valence-electron chi connectivity index (χ0n) is 15.1. The van der Waals surface area contributed by atoms with Crippen LogP contribution in [0.15, 0.2) is 4.99 Å². The predicted molar refractivity (Wildman–Crippen MR) is 98.3 cm³/mol. The number of hydrogen-bond donors (Lipinski definition) is 2. The highest BCUT2D eigenvalue weighted by molar-refractivity contribution is 7.98. The molecule has 1 aliphatic rings. The molecule has 7 heteroatoms. The first-order valence-corrected chi connectivity index (χ1v) is 9.69. The molecule has 1 unspecified atom stereocenters. The standard InChI is InChI=1S/C16H32N4O2S/c1-16(2,3)22-15(21)19-13-8-10-20(12-13)14(17-4)18-9-6-7-11-23-5/h13H,6-12H2,1-5H3,(H,17,18)(H,19,21). The molecule has 0 aromatic carbocycles. The molecule has 0 radical (unpaired) electrons. The number of hydrogen-bond acceptors (Lipinski definition) is 4. The third kappa shape index (κ3) is 8.34. The summed E-state index contributed by atoms with van der Waals surface area (Å²) in [5.74, 6) is 2.12. The second kappa shape index (κ2) is 9.90. The molecule has 134 valence electrons. The van der Waals surface area contributed by atoms with Crippen LogP contribution in [0.2, 0.25) is 0 Å². The van der Waals surface area contributed by atoms with Gasteiger partial charge >= 0.3 is 6.09 Å². The Hall–Kier alpha value is -1.11. The lowest BCUT2D eigenvalue weighted by Crippen LogP contribution is -2.44. The van der Waals surface area contributed by atoms with Crippen molar-refractivity contribution in [2.24, 2.45) is 4.99 Å². The minimum Gasteiger partial charge on any atom is -0.444 e. The summed E-state index contributed by atoms with van der Waals surface area (Å²) < 4.78 is 5.31. The van der Waals surface area contributed by atoms with E-state index in [9.17, 15) is 4.79 Å². The van der Waals surface area contributed by atoms with Gasteiger partial charge in [0.1, 0.15) is 5.60 Å². The Morgan fingerprint density at radius 2 is 2.13 bits per heavy atom. The van der Waals surface area contributed by atoms with Crippen molar-refractivity contribution in [2.45, 2.75) is 51.7 Å². The SMILES string of the molecule is CN=C(NCCCCSC)N1CCC(NC(=O)OC(C)(C)C)C1. The summed E-state index contributed by atoms with van der Waals surface area (Å²) in [6.45, 7) is 8.21. The summed E-state index contributed by atoms with van der Waals surface area (Å²) in [6, 6.07) is 0.111. The van der Waals surface area contributed by atoms with Crippen molar-refractivity contribution in [1.29, 1.82) is 0 Å². The number of guanidine groups is 1. The van der Waals surface area contributed by atoms with Gasteiger partial charge in [-0.25, -0.2) is 4.79 Å². The van der Waals surface area contributed by atoms with Gasteiger partial charge in [0, 0.05) is 26.7 Å². The fourth-order valence-electron chi connectivity index (χ4n) is 2.45. The van der Waals surface area contributed by atoms with Gasteiger partial charge in [0.15, 0.2) is 5.96 Å². The van der Waals surface area contributed by atoms with Crippen LogP contribution >= 0.6 is 11.8 Å². The maximum absolute atomic E-state index is 11.8. The van der Waals surface area contributed by atoms with Gasteiger partial charge in [0.25, 0.3) is 0 Å². The minimum absolute atomic E-state index is 0.111. The Bertz CT molecular complexity index is 396. The van der Waals surface area contributed by atoms with E-state index >= 15 is 0 Å². The summed E-state index contributed by atoms with van der Waals surface area (Å²) in [7, 11) is 1.80. The molecule has 1 saturated heterocycles. The van der Waals surface area contributed by atoms with E-state index in [0.717, 1.165) is 38.4 Å². The Morgan fingerprint density at radius 3 is 2.74 bits per heavy atom. The van der Waals surface area contributed by atoms with E-state index < -0.39 is 5.60 Å². The quantitative estimate of drug-likeness (QED) is 0.440. The monoisotopic (exact) mass is 344 g/mol. The molecule has 1 heterocycles. The summed E-state index contributed by atoms with van der Waals surface area (Å²) in [5.41, 5.74) is -0.462. The number of carbonyl (C=O) groups is 1. The summed E-state index contributed by atoms with van der Waals surface area (Å²) in [5, 5.41) is 6.35. The van der Waals surface area contributed by atoms with Crippen LogP contribution in [0.5, 0.6) is 0 Å². The second-order valence-electron chi connectivity index (χ2n) is 6.75. The lowest BCUT2D eigenvalue weighted by atomic mass is 10.2. The van der Waals surface area contributed by atoms with Crippen molar-refractivity contribution in [3.05, 3.63) is 0 Å². The second-order valence-corrected chi connectivity index (χ2v) is 7.74. The van der Waals surface area contributed by atoms with E-state index in [0.29, 0.717) is 0 Å². The highest BCUT2D eigenvalue weighted by atomic mass is 32.2. The molecule has 1 amide bonds. The van der Waals surface area contributed by atoms with E-state index in [4.69, 9.17) is 4.74 Å². The number of unbranched alkanes of at least 4 members (excludes halogenated alkanes) is 1. The van der Waals surface area contributed by atoms with Gasteiger partial charge in [0.05, 0.1) is 6.04 Å². The molecule has 2 N–H and O–H groups in total. The average Bonchev–Trinajstić information content (AvgIpc) is 2.89. The van der Waals surface area contributed by atoms with E-state index in [2.05, 4.69) is 26.8 Å². The van der Waals surface area contributed by atoms with Crippen LogP contribution < -0.4 is 10.6 Å². The van der Waals surface area contributed by atoms with Crippen LogP contribution in [-0.4, -0.2) is 67.3 Å². The van der Waals surface area contributed by atoms with Crippen molar-refractivity contribution in [3.8, 4) is 0 Å². The van der Waals surface area contributed by atoms with E-state index in [-0.39, 0.29) is 12.1 Å². The molecule has 0 spiro atoms. The third-order valence-electron chi connectivity index (χ3n) is 3.48. The van der Waals surface area contributed by atoms with E-state index in [1.807, 2.05) is 32.5 Å². The number of thioether (sulfide) groups is 1. The number of ether oxygens (including phenoxy) is 1. The molecule has 0 aliphatic carbocycles. The Morgan fingerprint density at radius 1 is 1.39 bits per heavy atom. The highest BCUT2D eigenvalue weighted by Gasteiger charge is 2.27. The molecule has 1 atom stereocenters. The zero-order chi connectivity index (χ0) is 17.3. The first-order valence-electron chi connectivity index (χ1n) is 8.29. The third-order valence-corrected chi connectivity index (χ3v) is 4.18. The van der Waals surface area contributed by atoms with Crippen molar-refractivity contribution < 1.29 is 9.53 Å². The van der Waals surface area contributed by atoms with Crippen LogP contribution in [0.3, 0.4) is 0 Å². The van der Waals surface area contributed by atoms with Crippen molar-refractivity contribution >= 4 is 23.8 Å². The van der Waals surface area contributed by atoms with Crippen LogP contribution in [0.4, 0.5) is 4.79 Å². The lowest BCUT2D eigenvalue weighted by molar-refractivity contribution is 0.0507. The average molecular weight is 345 g/mol. The maximum atomic E-state index is 11.8. The first-order chi connectivity index (χ1) is 10.9. The minimum atomic E-state index is -0.462. The number of amides is 1. The molecule has 1 fully saturated rings. The van der Waals surface area contributed by atoms with Crippen molar-refractivity contribution in [2.75, 3.05) is 38.7 Å². The Labute approximate surface area is 144 Å². The molecule has 1 rings (SSSR count). The molecule has 0 aromatic rings. The molecule has 23 heavy (non-hydrogen) atoms. The summed E-state index contributed by atoms with van der Waals surface area (Å²) in [4.78, 5) is 18.4. The summed E-state index contributed by atoms with van der Waals surface area (Å²) >= 11 is 1.88. The Kier molecular flexibility index (Phi) is 8.58. The number of aliphatic imine (C=N–C) groups is 1. The molecular formula is C16H32N4O2S. The molecule has 6 nitrogen and oxygen atoms in total. The largest absolute Gasteiger partial charge is 0.444 e. The molecule has 0 bridgehead atoms. The molecule has 0 aromatic heterocycles. The van der Waals surface area contributed by atoms with E-state index in [1.54, 1.807) is 7.05 Å². The maximum Gasteiger partial charge on any atom is 0.407 e. The molecular weight excluding hydrogens is 312 g/mol. The lowest BCUT2D eigenvalue weighted by Gasteiger charge is -2.23. The smallest absolute Gasteiger partial charge is 0.407 e. The van der Waals surface area contributed by atoms with Gasteiger partial charge in [-0.3, -0.25) is 4.99 Å². The highest BCUT2D eigenvalue weighted by Crippen LogP contribution is 2.12. The zero-order valence-corrected chi connectivity index (χ0v) is 16.0. The van der Waals surface area contributed by atoms with Gasteiger partial charge in [-0.2, -0.15) is 11.8 Å². The van der Waals surface area contributed by atoms with Crippen LogP contribution in [0.25, 0.3) is 0 Å². The Balaban J connectivity index is 2.32. The first kappa shape index (κ1) is 19.9. The van der Waals surface area contributed by atoms with Gasteiger partial charge in [-0.1, -0.05) is 0 Å². The fraction of sp³-hybridized carbons (Fsp3) is 0.875. The van der Waals surface area contributed by atoms with Crippen LogP contribution in [0.1, 0.15) is 40.0 Å². The van der Waals surface area contributed by atoms with Crippen molar-refractivity contribution in [3.63, 3.8) is 0 Å². The number of alkyl carbamates (subject to hydrolysis) is 1. The van der Waals surface area contributed by atoms with Gasteiger partial charge < -0.3 is 20.3 Å². The number of nitrogens with one attached hydrogen (secondary N) is 2. The topological polar surface area (TPSA) is 66.0 Å². The van der Waals surface area contributed by atoms with Crippen LogP contribution in [0, 0.1) is 0 Å².